The van der Waals surface area contributed by atoms with E-state index in [1.807, 2.05) is 11.3 Å². The Kier molecular flexibility index (Phi) is 3.92. The van der Waals surface area contributed by atoms with Crippen LogP contribution in [-0.2, 0) is 12.0 Å². The van der Waals surface area contributed by atoms with E-state index in [1.165, 1.54) is 30.1 Å². The lowest BCUT2D eigenvalue weighted by Crippen LogP contribution is -2.62. The fourth-order valence-corrected chi connectivity index (χ4v) is 4.06. The lowest BCUT2D eigenvalue weighted by Gasteiger charge is -2.46. The predicted molar refractivity (Wildman–Crippen MR) is 89.8 cm³/mol. The van der Waals surface area contributed by atoms with Crippen LogP contribution in [0.25, 0.3) is 0 Å². The van der Waals surface area contributed by atoms with Crippen molar-refractivity contribution in [3.8, 4) is 0 Å². The monoisotopic (exact) mass is 307 g/mol. The van der Waals surface area contributed by atoms with Gasteiger partial charge in [0.15, 0.2) is 0 Å². The number of aromatic nitrogens is 1. The van der Waals surface area contributed by atoms with E-state index >= 15 is 0 Å². The molecule has 0 amide bonds. The minimum absolute atomic E-state index is 0.157. The molecule has 1 aliphatic heterocycles. The molecule has 0 aromatic carbocycles. The fraction of sp³-hybridized carbons (Fsp3) is 0.824. The Labute approximate surface area is 133 Å². The van der Waals surface area contributed by atoms with Crippen molar-refractivity contribution in [3.63, 3.8) is 0 Å². The zero-order valence-electron chi connectivity index (χ0n) is 14.1. The molecule has 21 heavy (non-hydrogen) atoms. The van der Waals surface area contributed by atoms with Gasteiger partial charge in [-0.1, -0.05) is 20.8 Å². The van der Waals surface area contributed by atoms with Gasteiger partial charge in [0.2, 0.25) is 0 Å². The van der Waals surface area contributed by atoms with Crippen molar-refractivity contribution in [2.45, 2.75) is 71.0 Å². The van der Waals surface area contributed by atoms with E-state index in [0.717, 1.165) is 19.0 Å². The zero-order chi connectivity index (χ0) is 15.3. The summed E-state index contributed by atoms with van der Waals surface area (Å²) < 4.78 is 0. The van der Waals surface area contributed by atoms with Crippen LogP contribution in [0.3, 0.4) is 0 Å². The van der Waals surface area contributed by atoms with Crippen LogP contribution in [0.15, 0.2) is 5.38 Å². The van der Waals surface area contributed by atoms with E-state index in [0.29, 0.717) is 6.04 Å². The molecule has 1 atom stereocenters. The summed E-state index contributed by atoms with van der Waals surface area (Å²) in [7, 11) is 0. The second-order valence-corrected chi connectivity index (χ2v) is 9.34. The summed E-state index contributed by atoms with van der Waals surface area (Å²) in [5.74, 6) is 0.921. The molecule has 3 rings (SSSR count). The number of nitrogens with zero attached hydrogens (tertiary/aromatic N) is 2. The molecule has 1 saturated carbocycles. The SMILES string of the molecule is CC(C)(C)c1csc(CN2CC(C3CC3)NCC2(C)C)n1. The van der Waals surface area contributed by atoms with Crippen LogP contribution in [0.5, 0.6) is 0 Å². The van der Waals surface area contributed by atoms with Crippen molar-refractivity contribution in [2.75, 3.05) is 13.1 Å². The highest BCUT2D eigenvalue weighted by Gasteiger charge is 2.40. The number of rotatable bonds is 3. The zero-order valence-corrected chi connectivity index (χ0v) is 14.9. The van der Waals surface area contributed by atoms with E-state index in [2.05, 4.69) is 50.2 Å². The van der Waals surface area contributed by atoms with Crippen molar-refractivity contribution < 1.29 is 0 Å². The second-order valence-electron chi connectivity index (χ2n) is 8.39. The third-order valence-corrected chi connectivity index (χ3v) is 5.74. The molecule has 0 radical (unpaired) electrons. The van der Waals surface area contributed by atoms with Crippen LogP contribution in [-0.4, -0.2) is 34.6 Å². The van der Waals surface area contributed by atoms with Gasteiger partial charge in [-0.25, -0.2) is 4.98 Å². The van der Waals surface area contributed by atoms with E-state index < -0.39 is 0 Å². The van der Waals surface area contributed by atoms with Gasteiger partial charge in [-0.3, -0.25) is 4.90 Å². The average molecular weight is 308 g/mol. The summed E-state index contributed by atoms with van der Waals surface area (Å²) >= 11 is 1.82. The Hall–Kier alpha value is -0.450. The Morgan fingerprint density at radius 1 is 1.38 bits per heavy atom. The van der Waals surface area contributed by atoms with Crippen LogP contribution < -0.4 is 5.32 Å². The normalized spacial score (nSPS) is 27.0. The molecule has 1 aliphatic carbocycles. The van der Waals surface area contributed by atoms with Crippen molar-refractivity contribution in [1.29, 1.82) is 0 Å². The molecule has 1 saturated heterocycles. The molecule has 1 unspecified atom stereocenters. The topological polar surface area (TPSA) is 28.2 Å². The highest BCUT2D eigenvalue weighted by Crippen LogP contribution is 2.36. The number of piperazine rings is 1. The maximum absolute atomic E-state index is 4.88. The summed E-state index contributed by atoms with van der Waals surface area (Å²) in [6, 6.07) is 0.695. The maximum Gasteiger partial charge on any atom is 0.107 e. The third kappa shape index (κ3) is 3.49. The van der Waals surface area contributed by atoms with Crippen LogP contribution in [0.4, 0.5) is 0 Å². The molecule has 2 aliphatic rings. The summed E-state index contributed by atoms with van der Waals surface area (Å²) in [4.78, 5) is 7.52. The van der Waals surface area contributed by atoms with Crippen molar-refractivity contribution >= 4 is 11.3 Å². The second kappa shape index (κ2) is 5.32. The minimum Gasteiger partial charge on any atom is -0.311 e. The number of nitrogens with one attached hydrogen (secondary N) is 1. The highest BCUT2D eigenvalue weighted by atomic mass is 32.1. The van der Waals surface area contributed by atoms with Crippen molar-refractivity contribution in [3.05, 3.63) is 16.1 Å². The summed E-state index contributed by atoms with van der Waals surface area (Å²) in [5, 5.41) is 7.26. The molecule has 3 nitrogen and oxygen atoms in total. The molecule has 4 heteroatoms. The first-order chi connectivity index (χ1) is 9.75. The lowest BCUT2D eigenvalue weighted by molar-refractivity contribution is 0.0532. The van der Waals surface area contributed by atoms with Gasteiger partial charge in [-0.15, -0.1) is 11.3 Å². The largest absolute Gasteiger partial charge is 0.311 e. The fourth-order valence-electron chi connectivity index (χ4n) is 3.03. The molecule has 1 aromatic heterocycles. The lowest BCUT2D eigenvalue weighted by atomic mass is 9.93. The Bertz CT molecular complexity index is 496. The van der Waals surface area contributed by atoms with Gasteiger partial charge in [-0.2, -0.15) is 0 Å². The number of hydrogen-bond donors (Lipinski definition) is 1. The average Bonchev–Trinajstić information content (AvgIpc) is 3.10. The van der Waals surface area contributed by atoms with E-state index in [1.54, 1.807) is 0 Å². The molecule has 0 spiro atoms. The van der Waals surface area contributed by atoms with Crippen LogP contribution >= 0.6 is 11.3 Å². The maximum atomic E-state index is 4.88. The summed E-state index contributed by atoms with van der Waals surface area (Å²) in [5.41, 5.74) is 1.61. The first-order valence-corrected chi connectivity index (χ1v) is 9.07. The first-order valence-electron chi connectivity index (χ1n) is 8.19. The molecule has 0 bridgehead atoms. The van der Waals surface area contributed by atoms with E-state index in [9.17, 15) is 0 Å². The standard InChI is InChI=1S/C17H29N3S/c1-16(2,3)14-10-21-15(19-14)9-20-8-13(12-6-7-12)18-11-17(20,4)5/h10,12-13,18H,6-9,11H2,1-5H3. The summed E-state index contributed by atoms with van der Waals surface area (Å²) in [6.07, 6.45) is 2.83. The molecular formula is C17H29N3S. The van der Waals surface area contributed by atoms with E-state index in [-0.39, 0.29) is 11.0 Å². The predicted octanol–water partition coefficient (Wildman–Crippen LogP) is 3.40. The third-order valence-electron chi connectivity index (χ3n) is 4.91. The van der Waals surface area contributed by atoms with Gasteiger partial charge in [0.25, 0.3) is 0 Å². The number of thiazole rings is 1. The van der Waals surface area contributed by atoms with Crippen molar-refractivity contribution in [2.24, 2.45) is 5.92 Å². The van der Waals surface area contributed by atoms with Crippen molar-refractivity contribution in [1.82, 2.24) is 15.2 Å². The highest BCUT2D eigenvalue weighted by molar-refractivity contribution is 7.09. The number of hydrogen-bond acceptors (Lipinski definition) is 4. The first kappa shape index (κ1) is 15.4. The molecule has 1 N–H and O–H groups in total. The van der Waals surface area contributed by atoms with Gasteiger partial charge in [0.05, 0.1) is 12.2 Å². The molecular weight excluding hydrogens is 278 g/mol. The van der Waals surface area contributed by atoms with E-state index in [4.69, 9.17) is 4.98 Å². The molecule has 1 aromatic rings. The Morgan fingerprint density at radius 2 is 2.10 bits per heavy atom. The van der Waals surface area contributed by atoms with Gasteiger partial charge >= 0.3 is 0 Å². The quantitative estimate of drug-likeness (QED) is 0.927. The smallest absolute Gasteiger partial charge is 0.107 e. The van der Waals surface area contributed by atoms with Gasteiger partial charge < -0.3 is 5.32 Å². The Morgan fingerprint density at radius 3 is 2.67 bits per heavy atom. The van der Waals surface area contributed by atoms with Gasteiger partial charge in [-0.05, 0) is 32.6 Å². The van der Waals surface area contributed by atoms with Gasteiger partial charge in [0, 0.05) is 35.5 Å². The molecule has 2 fully saturated rings. The minimum atomic E-state index is 0.157. The van der Waals surface area contributed by atoms with Gasteiger partial charge in [0.1, 0.15) is 5.01 Å². The Balaban J connectivity index is 1.70. The van der Waals surface area contributed by atoms with Crippen LogP contribution in [0, 0.1) is 5.92 Å². The molecule has 2 heterocycles. The molecule has 118 valence electrons. The van der Waals surface area contributed by atoms with Crippen LogP contribution in [0.2, 0.25) is 0 Å². The summed E-state index contributed by atoms with van der Waals surface area (Å²) in [6.45, 7) is 14.7. The van der Waals surface area contributed by atoms with Crippen LogP contribution in [0.1, 0.15) is 58.2 Å².